The molecular weight excluding hydrogens is 516 g/mol. The van der Waals surface area contributed by atoms with Crippen LogP contribution in [0.1, 0.15) is 22.3 Å². The number of hydrogen-bond acceptors (Lipinski definition) is 2. The Morgan fingerprint density at radius 2 is 0.881 bits per heavy atom. The fourth-order valence-electron chi connectivity index (χ4n) is 7.12. The molecule has 0 fully saturated rings. The minimum absolute atomic E-state index is 0.843. The highest BCUT2D eigenvalue weighted by Crippen LogP contribution is 2.37. The van der Waals surface area contributed by atoms with Gasteiger partial charge in [-0.05, 0) is 85.3 Å². The summed E-state index contributed by atoms with van der Waals surface area (Å²) in [7, 11) is 0. The molecule has 0 bridgehead atoms. The Morgan fingerprint density at radius 3 is 1.31 bits per heavy atom. The van der Waals surface area contributed by atoms with E-state index in [1.807, 2.05) is 0 Å². The number of nitrogens with one attached hydrogen (secondary N) is 2. The predicted octanol–water partition coefficient (Wildman–Crippen LogP) is 8.82. The highest BCUT2D eigenvalue weighted by Gasteiger charge is 2.20. The van der Waals surface area contributed by atoms with Crippen molar-refractivity contribution in [1.82, 2.24) is 28.7 Å². The molecule has 0 saturated carbocycles. The number of hydrogen-bond donors (Lipinski definition) is 2. The first-order chi connectivity index (χ1) is 20.5. The van der Waals surface area contributed by atoms with Crippen LogP contribution in [-0.2, 0) is 0 Å². The number of H-pyrrole nitrogens is 2. The zero-order valence-corrected chi connectivity index (χ0v) is 23.9. The summed E-state index contributed by atoms with van der Waals surface area (Å²) >= 11 is 0. The van der Waals surface area contributed by atoms with Gasteiger partial charge in [0.15, 0.2) is 0 Å². The molecular formula is C36H28N6. The Morgan fingerprint density at radius 1 is 0.476 bits per heavy atom. The summed E-state index contributed by atoms with van der Waals surface area (Å²) in [5.41, 5.74) is 18.3. The van der Waals surface area contributed by atoms with Crippen LogP contribution in [0.3, 0.4) is 0 Å². The fourth-order valence-corrected chi connectivity index (χ4v) is 7.12. The first-order valence-electron chi connectivity index (χ1n) is 14.4. The standard InChI is InChI=1S/C36H28N6/c1-19-9-5-10-20(2)31(19)23-13-7-15-27-33(23)39-35-37-25-17-26-30(18-29(25)41(27)35)42-28-16-8-14-24(34(28)40-36(42)38-26)32-21(3)11-6-12-22(32)4/h5-18H,1-4H3,(H,37,39)(H,38,40). The largest absolute Gasteiger partial charge is 0.323 e. The molecule has 0 aliphatic carbocycles. The molecule has 0 radical (unpaired) electrons. The minimum Gasteiger partial charge on any atom is -0.323 e. The molecule has 2 N–H and O–H groups in total. The van der Waals surface area contributed by atoms with Crippen LogP contribution in [0.2, 0.25) is 0 Å². The van der Waals surface area contributed by atoms with Crippen molar-refractivity contribution in [2.75, 3.05) is 0 Å². The van der Waals surface area contributed by atoms with Gasteiger partial charge >= 0.3 is 0 Å². The second-order valence-electron chi connectivity index (χ2n) is 11.6. The number of imidazole rings is 4. The second-order valence-corrected chi connectivity index (χ2v) is 11.6. The maximum absolute atomic E-state index is 5.13. The van der Waals surface area contributed by atoms with Gasteiger partial charge in [-0.25, -0.2) is 9.97 Å². The van der Waals surface area contributed by atoms with E-state index in [0.717, 1.165) is 66.8 Å². The number of para-hydroxylation sites is 2. The Balaban J connectivity index is 1.33. The molecule has 9 aromatic rings. The van der Waals surface area contributed by atoms with Gasteiger partial charge in [-0.1, -0.05) is 60.7 Å². The first kappa shape index (κ1) is 23.4. The number of aromatic amines is 2. The molecule has 0 spiro atoms. The summed E-state index contributed by atoms with van der Waals surface area (Å²) < 4.78 is 4.50. The topological polar surface area (TPSA) is 66.2 Å². The average molecular weight is 545 g/mol. The van der Waals surface area contributed by atoms with Crippen LogP contribution in [0.5, 0.6) is 0 Å². The molecule has 0 saturated heterocycles. The summed E-state index contributed by atoms with van der Waals surface area (Å²) in [6.45, 7) is 8.70. The lowest BCUT2D eigenvalue weighted by Crippen LogP contribution is -1.90. The van der Waals surface area contributed by atoms with E-state index in [0.29, 0.717) is 0 Å². The zero-order chi connectivity index (χ0) is 28.3. The lowest BCUT2D eigenvalue weighted by molar-refractivity contribution is 1.27. The van der Waals surface area contributed by atoms with Crippen LogP contribution in [0, 0.1) is 27.7 Å². The number of aryl methyl sites for hydroxylation is 4. The van der Waals surface area contributed by atoms with E-state index in [4.69, 9.17) is 9.97 Å². The summed E-state index contributed by atoms with van der Waals surface area (Å²) in [6.07, 6.45) is 0. The van der Waals surface area contributed by atoms with Gasteiger partial charge in [-0.15, -0.1) is 0 Å². The zero-order valence-electron chi connectivity index (χ0n) is 23.9. The lowest BCUT2D eigenvalue weighted by Gasteiger charge is -2.10. The normalized spacial score (nSPS) is 12.3. The van der Waals surface area contributed by atoms with Crippen molar-refractivity contribution in [3.63, 3.8) is 0 Å². The van der Waals surface area contributed by atoms with Gasteiger partial charge in [0.05, 0.1) is 44.1 Å². The fraction of sp³-hybridized carbons (Fsp3) is 0.111. The van der Waals surface area contributed by atoms with Crippen molar-refractivity contribution in [3.05, 3.63) is 107 Å². The number of rotatable bonds is 2. The first-order valence-corrected chi connectivity index (χ1v) is 14.4. The van der Waals surface area contributed by atoms with Crippen molar-refractivity contribution in [2.45, 2.75) is 27.7 Å². The van der Waals surface area contributed by atoms with Gasteiger partial charge < -0.3 is 9.97 Å². The third-order valence-corrected chi connectivity index (χ3v) is 8.96. The predicted molar refractivity (Wildman–Crippen MR) is 172 cm³/mol. The molecule has 4 aromatic heterocycles. The number of nitrogens with zero attached hydrogens (tertiary/aromatic N) is 4. The Bertz CT molecular complexity index is 2350. The van der Waals surface area contributed by atoms with Crippen molar-refractivity contribution < 1.29 is 0 Å². The highest BCUT2D eigenvalue weighted by atomic mass is 15.1. The molecule has 9 rings (SSSR count). The van der Waals surface area contributed by atoms with E-state index in [1.54, 1.807) is 0 Å². The molecule has 0 aliphatic heterocycles. The highest BCUT2D eigenvalue weighted by molar-refractivity contribution is 6.04. The maximum atomic E-state index is 5.13. The summed E-state index contributed by atoms with van der Waals surface area (Å²) in [5.74, 6) is 1.69. The maximum Gasteiger partial charge on any atom is 0.213 e. The van der Waals surface area contributed by atoms with Gasteiger partial charge in [-0.2, -0.15) is 0 Å². The van der Waals surface area contributed by atoms with E-state index in [1.165, 1.54) is 33.4 Å². The summed E-state index contributed by atoms with van der Waals surface area (Å²) in [4.78, 5) is 17.4. The van der Waals surface area contributed by atoms with Gasteiger partial charge in [0.25, 0.3) is 0 Å². The van der Waals surface area contributed by atoms with Gasteiger partial charge in [0.2, 0.25) is 11.6 Å². The van der Waals surface area contributed by atoms with Crippen LogP contribution in [-0.4, -0.2) is 28.7 Å². The third kappa shape index (κ3) is 2.98. The Labute approximate surface area is 241 Å². The van der Waals surface area contributed by atoms with Crippen LogP contribution < -0.4 is 0 Å². The quantitative estimate of drug-likeness (QED) is 0.228. The van der Waals surface area contributed by atoms with Crippen molar-refractivity contribution in [1.29, 1.82) is 0 Å². The van der Waals surface area contributed by atoms with Gasteiger partial charge in [0, 0.05) is 11.1 Å². The summed E-state index contributed by atoms with van der Waals surface area (Å²) in [6, 6.07) is 30.4. The number of fused-ring (bicyclic) bond motifs is 10. The molecule has 202 valence electrons. The van der Waals surface area contributed by atoms with Gasteiger partial charge in [-0.3, -0.25) is 8.80 Å². The van der Waals surface area contributed by atoms with E-state index in [2.05, 4.69) is 131 Å². The molecule has 0 atom stereocenters. The van der Waals surface area contributed by atoms with Crippen LogP contribution in [0.25, 0.3) is 77.9 Å². The third-order valence-electron chi connectivity index (χ3n) is 8.96. The molecule has 42 heavy (non-hydrogen) atoms. The summed E-state index contributed by atoms with van der Waals surface area (Å²) in [5, 5.41) is 0. The lowest BCUT2D eigenvalue weighted by atomic mass is 9.95. The molecule has 4 heterocycles. The van der Waals surface area contributed by atoms with Crippen LogP contribution in [0.4, 0.5) is 0 Å². The SMILES string of the molecule is Cc1cccc(C)c1-c1cccc2c1nc1[nH]c3cc4[nH]c5nc6c(-c7c(C)cccc7C)cccc6n5c4cc3n12. The average Bonchev–Trinajstić information content (AvgIpc) is 3.69. The second kappa shape index (κ2) is 8.10. The van der Waals surface area contributed by atoms with Crippen molar-refractivity contribution >= 4 is 55.7 Å². The molecule has 0 amide bonds. The molecule has 0 unspecified atom stereocenters. The molecule has 5 aromatic carbocycles. The molecule has 6 nitrogen and oxygen atoms in total. The van der Waals surface area contributed by atoms with Crippen LogP contribution >= 0.6 is 0 Å². The number of aromatic nitrogens is 6. The van der Waals surface area contributed by atoms with Crippen molar-refractivity contribution in [2.24, 2.45) is 0 Å². The number of benzene rings is 5. The van der Waals surface area contributed by atoms with Crippen LogP contribution in [0.15, 0.2) is 84.9 Å². The monoisotopic (exact) mass is 544 g/mol. The minimum atomic E-state index is 0.843. The Kier molecular flexibility index (Phi) is 4.51. The van der Waals surface area contributed by atoms with E-state index < -0.39 is 0 Å². The van der Waals surface area contributed by atoms with Crippen molar-refractivity contribution in [3.8, 4) is 22.3 Å². The van der Waals surface area contributed by atoms with E-state index in [9.17, 15) is 0 Å². The molecule has 6 heteroatoms. The van der Waals surface area contributed by atoms with Gasteiger partial charge in [0.1, 0.15) is 0 Å². The Hall–Kier alpha value is -5.36. The van der Waals surface area contributed by atoms with E-state index in [-0.39, 0.29) is 0 Å². The smallest absolute Gasteiger partial charge is 0.213 e. The van der Waals surface area contributed by atoms with E-state index >= 15 is 0 Å². The molecule has 0 aliphatic rings.